The molecule has 1 saturated heterocycles. The van der Waals surface area contributed by atoms with Crippen LogP contribution in [0.1, 0.15) is 17.6 Å². The van der Waals surface area contributed by atoms with Gasteiger partial charge in [0.1, 0.15) is 18.4 Å². The first-order valence-electron chi connectivity index (χ1n) is 9.35. The average molecular weight is 401 g/mol. The summed E-state index contributed by atoms with van der Waals surface area (Å²) in [6, 6.07) is 10.5. The number of aryl methyl sites for hydroxylation is 1. The minimum absolute atomic E-state index is 0.0606. The standard InChI is InChI=1S/C20H25N5O2S/c1-13-17(9-10-26-13)18-22-23-20(25(18)4)28-12-16-11-21-19(27-16)14-5-7-15(8-6-14)24(2)3/h5-10,16,19,21H,11-12H2,1-4H3/p+1/t16-,19+/m0/s1. The number of rotatable bonds is 6. The van der Waals surface area contributed by atoms with Gasteiger partial charge in [0.2, 0.25) is 6.23 Å². The lowest BCUT2D eigenvalue weighted by Crippen LogP contribution is -2.82. The maximum atomic E-state index is 6.25. The third-order valence-electron chi connectivity index (χ3n) is 5.02. The maximum Gasteiger partial charge on any atom is 0.217 e. The summed E-state index contributed by atoms with van der Waals surface area (Å²) >= 11 is 1.68. The van der Waals surface area contributed by atoms with Crippen LogP contribution in [0.2, 0.25) is 0 Å². The van der Waals surface area contributed by atoms with Crippen molar-refractivity contribution in [2.45, 2.75) is 24.4 Å². The second kappa shape index (κ2) is 7.98. The zero-order chi connectivity index (χ0) is 19.7. The van der Waals surface area contributed by atoms with Crippen molar-refractivity contribution in [1.82, 2.24) is 14.8 Å². The minimum atomic E-state index is 0.0606. The van der Waals surface area contributed by atoms with Gasteiger partial charge in [0.05, 0.1) is 11.8 Å². The number of quaternary nitrogens is 1. The maximum absolute atomic E-state index is 6.25. The number of thioether (sulfide) groups is 1. The summed E-state index contributed by atoms with van der Waals surface area (Å²) in [5, 5.41) is 11.8. The van der Waals surface area contributed by atoms with Gasteiger partial charge in [-0.25, -0.2) is 0 Å². The van der Waals surface area contributed by atoms with E-state index in [2.05, 4.69) is 44.7 Å². The molecule has 7 nitrogen and oxygen atoms in total. The van der Waals surface area contributed by atoms with Crippen LogP contribution in [0, 0.1) is 6.92 Å². The van der Waals surface area contributed by atoms with Crippen LogP contribution < -0.4 is 10.2 Å². The van der Waals surface area contributed by atoms with Crippen molar-refractivity contribution in [2.24, 2.45) is 7.05 Å². The summed E-state index contributed by atoms with van der Waals surface area (Å²) in [7, 11) is 6.08. The van der Waals surface area contributed by atoms with E-state index >= 15 is 0 Å². The SMILES string of the molecule is Cc1occc1-c1nnc(SC[C@@H]2C[NH2+][C@@H](c3ccc(N(C)C)cc3)O2)n1C. The number of nitrogens with zero attached hydrogens (tertiary/aromatic N) is 4. The van der Waals surface area contributed by atoms with E-state index in [4.69, 9.17) is 9.15 Å². The van der Waals surface area contributed by atoms with Crippen molar-refractivity contribution in [3.05, 3.63) is 47.9 Å². The molecule has 0 amide bonds. The molecule has 0 aliphatic carbocycles. The van der Waals surface area contributed by atoms with Crippen molar-refractivity contribution in [1.29, 1.82) is 0 Å². The van der Waals surface area contributed by atoms with E-state index in [1.165, 1.54) is 11.3 Å². The number of anilines is 1. The number of nitrogens with two attached hydrogens (primary N) is 1. The summed E-state index contributed by atoms with van der Waals surface area (Å²) in [5.74, 6) is 2.52. The highest BCUT2D eigenvalue weighted by molar-refractivity contribution is 7.99. The highest BCUT2D eigenvalue weighted by Crippen LogP contribution is 2.27. The molecule has 0 radical (unpaired) electrons. The molecule has 0 spiro atoms. The third kappa shape index (κ3) is 3.80. The van der Waals surface area contributed by atoms with Crippen molar-refractivity contribution in [2.75, 3.05) is 31.3 Å². The van der Waals surface area contributed by atoms with E-state index in [-0.39, 0.29) is 12.3 Å². The second-order valence-electron chi connectivity index (χ2n) is 7.20. The predicted molar refractivity (Wildman–Crippen MR) is 109 cm³/mol. The van der Waals surface area contributed by atoms with Gasteiger partial charge in [-0.3, -0.25) is 0 Å². The van der Waals surface area contributed by atoms with Gasteiger partial charge >= 0.3 is 0 Å². The monoisotopic (exact) mass is 400 g/mol. The van der Waals surface area contributed by atoms with E-state index in [0.717, 1.165) is 34.6 Å². The first kappa shape index (κ1) is 19.0. The number of benzene rings is 1. The summed E-state index contributed by atoms with van der Waals surface area (Å²) in [6.07, 6.45) is 1.92. The largest absolute Gasteiger partial charge is 0.469 e. The molecular weight excluding hydrogens is 374 g/mol. The molecule has 28 heavy (non-hydrogen) atoms. The highest BCUT2D eigenvalue weighted by atomic mass is 32.2. The molecule has 1 aliphatic rings. The predicted octanol–water partition coefficient (Wildman–Crippen LogP) is 2.20. The van der Waals surface area contributed by atoms with E-state index in [1.54, 1.807) is 18.0 Å². The van der Waals surface area contributed by atoms with Gasteiger partial charge in [0.15, 0.2) is 11.0 Å². The first-order valence-corrected chi connectivity index (χ1v) is 10.3. The van der Waals surface area contributed by atoms with Crippen LogP contribution in [0.15, 0.2) is 46.2 Å². The lowest BCUT2D eigenvalue weighted by Gasteiger charge is -2.14. The molecule has 148 valence electrons. The Morgan fingerprint density at radius 2 is 2.00 bits per heavy atom. The van der Waals surface area contributed by atoms with Gasteiger partial charge < -0.3 is 23.9 Å². The van der Waals surface area contributed by atoms with Crippen LogP contribution in [0.5, 0.6) is 0 Å². The fourth-order valence-electron chi connectivity index (χ4n) is 3.34. The average Bonchev–Trinajstić information content (AvgIpc) is 3.41. The number of hydrogen-bond donors (Lipinski definition) is 1. The fourth-order valence-corrected chi connectivity index (χ4v) is 4.27. The molecule has 8 heteroatoms. The van der Waals surface area contributed by atoms with Crippen LogP contribution in [0.4, 0.5) is 5.69 Å². The second-order valence-corrected chi connectivity index (χ2v) is 8.19. The Bertz CT molecular complexity index is 934. The highest BCUT2D eigenvalue weighted by Gasteiger charge is 2.30. The van der Waals surface area contributed by atoms with Crippen molar-refractivity contribution < 1.29 is 14.5 Å². The van der Waals surface area contributed by atoms with E-state index in [0.29, 0.717) is 0 Å². The number of aromatic nitrogens is 3. The van der Waals surface area contributed by atoms with Crippen molar-refractivity contribution >= 4 is 17.4 Å². The summed E-state index contributed by atoms with van der Waals surface area (Å²) in [5.41, 5.74) is 3.38. The topological polar surface area (TPSA) is 72.9 Å². The molecule has 0 saturated carbocycles. The van der Waals surface area contributed by atoms with E-state index < -0.39 is 0 Å². The minimum Gasteiger partial charge on any atom is -0.469 e. The van der Waals surface area contributed by atoms with Crippen molar-refractivity contribution in [3.63, 3.8) is 0 Å². The Kier molecular flexibility index (Phi) is 5.43. The van der Waals surface area contributed by atoms with Crippen molar-refractivity contribution in [3.8, 4) is 11.4 Å². The zero-order valence-corrected chi connectivity index (χ0v) is 17.4. The molecule has 1 aromatic carbocycles. The van der Waals surface area contributed by atoms with Gasteiger partial charge in [-0.05, 0) is 37.3 Å². The lowest BCUT2D eigenvalue weighted by atomic mass is 10.2. The molecule has 2 atom stereocenters. The lowest BCUT2D eigenvalue weighted by molar-refractivity contribution is -0.697. The molecule has 1 fully saturated rings. The summed E-state index contributed by atoms with van der Waals surface area (Å²) in [4.78, 5) is 2.10. The van der Waals surface area contributed by atoms with Gasteiger partial charge in [0, 0.05) is 38.1 Å². The quantitative estimate of drug-likeness (QED) is 0.640. The van der Waals surface area contributed by atoms with E-state index in [9.17, 15) is 0 Å². The number of hydrogen-bond acceptors (Lipinski definition) is 6. The van der Waals surface area contributed by atoms with Gasteiger partial charge in [-0.1, -0.05) is 11.8 Å². The normalized spacial score (nSPS) is 19.3. The number of ether oxygens (including phenoxy) is 1. The zero-order valence-electron chi connectivity index (χ0n) is 16.6. The molecular formula is C20H26N5O2S+. The van der Waals surface area contributed by atoms with Gasteiger partial charge in [-0.15, -0.1) is 10.2 Å². The fraction of sp³-hybridized carbons (Fsp3) is 0.400. The van der Waals surface area contributed by atoms with Crippen LogP contribution in [0.3, 0.4) is 0 Å². The Balaban J connectivity index is 1.35. The molecule has 2 aromatic heterocycles. The molecule has 0 bridgehead atoms. The number of furan rings is 1. The summed E-state index contributed by atoms with van der Waals surface area (Å²) < 4.78 is 13.6. The Morgan fingerprint density at radius 3 is 2.68 bits per heavy atom. The smallest absolute Gasteiger partial charge is 0.217 e. The van der Waals surface area contributed by atoms with Crippen LogP contribution in [-0.4, -0.2) is 47.3 Å². The summed E-state index contributed by atoms with van der Waals surface area (Å²) in [6.45, 7) is 2.88. The Labute approximate surface area is 169 Å². The molecule has 2 N–H and O–H groups in total. The van der Waals surface area contributed by atoms with Gasteiger partial charge in [-0.2, -0.15) is 0 Å². The first-order chi connectivity index (χ1) is 13.5. The van der Waals surface area contributed by atoms with Gasteiger partial charge in [0.25, 0.3) is 0 Å². The van der Waals surface area contributed by atoms with Crippen LogP contribution >= 0.6 is 11.8 Å². The third-order valence-corrected chi connectivity index (χ3v) is 6.18. The molecule has 4 rings (SSSR count). The Hall–Kier alpha value is -2.29. The van der Waals surface area contributed by atoms with Crippen LogP contribution in [0.25, 0.3) is 11.4 Å². The van der Waals surface area contributed by atoms with E-state index in [1.807, 2.05) is 38.7 Å². The molecule has 3 aromatic rings. The molecule has 3 heterocycles. The Morgan fingerprint density at radius 1 is 1.21 bits per heavy atom. The molecule has 1 aliphatic heterocycles. The molecule has 0 unspecified atom stereocenters. The van der Waals surface area contributed by atoms with Crippen LogP contribution in [-0.2, 0) is 11.8 Å².